The predicted octanol–water partition coefficient (Wildman–Crippen LogP) is 1.19. The molecule has 1 saturated heterocycles. The van der Waals surface area contributed by atoms with Gasteiger partial charge in [0, 0.05) is 50.1 Å². The molecule has 25 heavy (non-hydrogen) atoms. The van der Waals surface area contributed by atoms with Crippen molar-refractivity contribution in [1.29, 1.82) is 0 Å². The van der Waals surface area contributed by atoms with Crippen molar-refractivity contribution in [3.05, 3.63) is 30.3 Å². The molecule has 0 bridgehead atoms. The molecule has 3 N–H and O–H groups in total. The average molecular weight is 341 g/mol. The molecule has 7 heteroatoms. The zero-order valence-electron chi connectivity index (χ0n) is 14.4. The lowest BCUT2D eigenvalue weighted by Crippen LogP contribution is -2.44. The Labute approximate surface area is 146 Å². The van der Waals surface area contributed by atoms with Crippen molar-refractivity contribution in [3.8, 4) is 0 Å². The van der Waals surface area contributed by atoms with Crippen LogP contribution in [0.5, 0.6) is 0 Å². The molecule has 0 saturated carbocycles. The number of pyridine rings is 1. The predicted molar refractivity (Wildman–Crippen MR) is 98.5 cm³/mol. The third kappa shape index (κ3) is 4.45. The van der Waals surface area contributed by atoms with Crippen LogP contribution >= 0.6 is 0 Å². The summed E-state index contributed by atoms with van der Waals surface area (Å²) < 4.78 is 0. The Balaban J connectivity index is 1.70. The lowest BCUT2D eigenvalue weighted by Gasteiger charge is -2.33. The Kier molecular flexibility index (Phi) is 5.14. The molecule has 132 valence electrons. The molecule has 0 spiro atoms. The van der Waals surface area contributed by atoms with Crippen molar-refractivity contribution in [2.75, 3.05) is 43.4 Å². The van der Waals surface area contributed by atoms with Crippen LogP contribution in [0.2, 0.25) is 0 Å². The fraction of sp³-hybridized carbons (Fsp3) is 0.389. The zero-order chi connectivity index (χ0) is 17.8. The standard InChI is InChI=1S/C18H23N5O2/c1-22-8-10-23(11-9-22)17-6-2-13-12-14(3-4-15(13)21-17)20-18(25)7-5-16(19)24/h2-4,6,12H,5,7-11H2,1H3,(H2,19,24)(H,20,25). The van der Waals surface area contributed by atoms with Crippen LogP contribution in [-0.2, 0) is 9.59 Å². The van der Waals surface area contributed by atoms with Crippen molar-refractivity contribution in [1.82, 2.24) is 9.88 Å². The van der Waals surface area contributed by atoms with Gasteiger partial charge in [-0.15, -0.1) is 0 Å². The second-order valence-electron chi connectivity index (χ2n) is 6.38. The third-order valence-corrected chi connectivity index (χ3v) is 4.38. The molecular formula is C18H23N5O2. The van der Waals surface area contributed by atoms with Crippen LogP contribution in [0, 0.1) is 0 Å². The monoisotopic (exact) mass is 341 g/mol. The number of amides is 2. The van der Waals surface area contributed by atoms with E-state index in [1.807, 2.05) is 30.3 Å². The number of carbonyl (C=O) groups is 2. The molecule has 1 aliphatic rings. The minimum absolute atomic E-state index is 0.0509. The molecule has 1 aliphatic heterocycles. The van der Waals surface area contributed by atoms with Crippen LogP contribution in [0.1, 0.15) is 12.8 Å². The number of nitrogens with two attached hydrogens (primary N) is 1. The molecule has 2 heterocycles. The van der Waals surface area contributed by atoms with Gasteiger partial charge in [-0.3, -0.25) is 9.59 Å². The van der Waals surface area contributed by atoms with E-state index in [0.717, 1.165) is 42.9 Å². The Morgan fingerprint density at radius 1 is 1.12 bits per heavy atom. The van der Waals surface area contributed by atoms with E-state index in [-0.39, 0.29) is 18.7 Å². The maximum absolute atomic E-state index is 11.8. The number of primary amides is 1. The Morgan fingerprint density at radius 3 is 2.60 bits per heavy atom. The summed E-state index contributed by atoms with van der Waals surface area (Å²) >= 11 is 0. The molecule has 2 amide bonds. The van der Waals surface area contributed by atoms with Gasteiger partial charge in [0.2, 0.25) is 11.8 Å². The normalized spacial score (nSPS) is 15.3. The number of benzene rings is 1. The molecular weight excluding hydrogens is 318 g/mol. The molecule has 0 aliphatic carbocycles. The molecule has 1 aromatic carbocycles. The fourth-order valence-corrected chi connectivity index (χ4v) is 2.86. The lowest BCUT2D eigenvalue weighted by molar-refractivity contribution is -0.122. The Bertz CT molecular complexity index is 784. The first-order valence-corrected chi connectivity index (χ1v) is 8.44. The molecule has 1 fully saturated rings. The smallest absolute Gasteiger partial charge is 0.224 e. The summed E-state index contributed by atoms with van der Waals surface area (Å²) in [6.45, 7) is 4.03. The number of hydrogen-bond acceptors (Lipinski definition) is 5. The van der Waals surface area contributed by atoms with E-state index in [4.69, 9.17) is 10.7 Å². The van der Waals surface area contributed by atoms with E-state index in [1.54, 1.807) is 0 Å². The topological polar surface area (TPSA) is 91.6 Å². The van der Waals surface area contributed by atoms with Gasteiger partial charge in [-0.05, 0) is 37.4 Å². The van der Waals surface area contributed by atoms with E-state index in [1.165, 1.54) is 0 Å². The minimum Gasteiger partial charge on any atom is -0.370 e. The van der Waals surface area contributed by atoms with Crippen LogP contribution in [0.4, 0.5) is 11.5 Å². The van der Waals surface area contributed by atoms with Crippen LogP contribution in [0.25, 0.3) is 10.9 Å². The highest BCUT2D eigenvalue weighted by atomic mass is 16.2. The van der Waals surface area contributed by atoms with E-state index < -0.39 is 5.91 Å². The van der Waals surface area contributed by atoms with Gasteiger partial charge in [0.05, 0.1) is 5.52 Å². The van der Waals surface area contributed by atoms with Gasteiger partial charge < -0.3 is 20.9 Å². The fourth-order valence-electron chi connectivity index (χ4n) is 2.86. The lowest BCUT2D eigenvalue weighted by atomic mass is 10.2. The number of anilines is 2. The zero-order valence-corrected chi connectivity index (χ0v) is 14.4. The molecule has 1 aromatic heterocycles. The number of carbonyl (C=O) groups excluding carboxylic acids is 2. The van der Waals surface area contributed by atoms with Crippen LogP contribution in [-0.4, -0.2) is 54.9 Å². The summed E-state index contributed by atoms with van der Waals surface area (Å²) in [5, 5.41) is 3.75. The third-order valence-electron chi connectivity index (χ3n) is 4.38. The second-order valence-corrected chi connectivity index (χ2v) is 6.38. The number of fused-ring (bicyclic) bond motifs is 1. The first-order valence-electron chi connectivity index (χ1n) is 8.44. The molecule has 0 radical (unpaired) electrons. The average Bonchev–Trinajstić information content (AvgIpc) is 2.60. The second kappa shape index (κ2) is 7.48. The number of hydrogen-bond donors (Lipinski definition) is 2. The van der Waals surface area contributed by atoms with E-state index in [9.17, 15) is 9.59 Å². The van der Waals surface area contributed by atoms with Gasteiger partial charge in [0.15, 0.2) is 0 Å². The maximum Gasteiger partial charge on any atom is 0.224 e. The van der Waals surface area contributed by atoms with Crippen LogP contribution in [0.3, 0.4) is 0 Å². The Hall–Kier alpha value is -2.67. The van der Waals surface area contributed by atoms with Gasteiger partial charge in [-0.1, -0.05) is 0 Å². The summed E-state index contributed by atoms with van der Waals surface area (Å²) in [6, 6.07) is 9.66. The summed E-state index contributed by atoms with van der Waals surface area (Å²) in [6.07, 6.45) is 0.142. The largest absolute Gasteiger partial charge is 0.370 e. The van der Waals surface area contributed by atoms with Crippen molar-refractivity contribution >= 4 is 34.2 Å². The van der Waals surface area contributed by atoms with Gasteiger partial charge in [-0.2, -0.15) is 0 Å². The van der Waals surface area contributed by atoms with Crippen molar-refractivity contribution < 1.29 is 9.59 Å². The molecule has 0 atom stereocenters. The van der Waals surface area contributed by atoms with Gasteiger partial charge >= 0.3 is 0 Å². The summed E-state index contributed by atoms with van der Waals surface area (Å²) in [4.78, 5) is 31.9. The molecule has 2 aromatic rings. The minimum atomic E-state index is -0.478. The van der Waals surface area contributed by atoms with Crippen molar-refractivity contribution in [2.45, 2.75) is 12.8 Å². The van der Waals surface area contributed by atoms with Crippen molar-refractivity contribution in [2.24, 2.45) is 5.73 Å². The maximum atomic E-state index is 11.8. The number of rotatable bonds is 5. The summed E-state index contributed by atoms with van der Waals surface area (Å²) in [7, 11) is 2.13. The highest BCUT2D eigenvalue weighted by Crippen LogP contribution is 2.22. The van der Waals surface area contributed by atoms with Gasteiger partial charge in [0.25, 0.3) is 0 Å². The highest BCUT2D eigenvalue weighted by Gasteiger charge is 2.15. The summed E-state index contributed by atoms with van der Waals surface area (Å²) in [5.74, 6) is 0.285. The number of piperazine rings is 1. The van der Waals surface area contributed by atoms with Crippen molar-refractivity contribution in [3.63, 3.8) is 0 Å². The Morgan fingerprint density at radius 2 is 1.88 bits per heavy atom. The van der Waals surface area contributed by atoms with E-state index in [2.05, 4.69) is 22.2 Å². The number of nitrogens with one attached hydrogen (secondary N) is 1. The number of likely N-dealkylation sites (N-methyl/N-ethyl adjacent to an activating group) is 1. The van der Waals surface area contributed by atoms with E-state index in [0.29, 0.717) is 5.69 Å². The first kappa shape index (κ1) is 17.2. The molecule has 0 unspecified atom stereocenters. The van der Waals surface area contributed by atoms with Crippen LogP contribution < -0.4 is 16.0 Å². The number of aromatic nitrogens is 1. The quantitative estimate of drug-likeness (QED) is 0.852. The van der Waals surface area contributed by atoms with Crippen LogP contribution in [0.15, 0.2) is 30.3 Å². The SMILES string of the molecule is CN1CCN(c2ccc3cc(NC(=O)CCC(N)=O)ccc3n2)CC1. The number of nitrogens with zero attached hydrogens (tertiary/aromatic N) is 3. The van der Waals surface area contributed by atoms with Gasteiger partial charge in [0.1, 0.15) is 5.82 Å². The molecule has 7 nitrogen and oxygen atoms in total. The molecule has 3 rings (SSSR count). The summed E-state index contributed by atoms with van der Waals surface area (Å²) in [5.41, 5.74) is 6.64. The highest BCUT2D eigenvalue weighted by molar-refractivity contribution is 5.95. The first-order chi connectivity index (χ1) is 12.0. The van der Waals surface area contributed by atoms with Gasteiger partial charge in [-0.25, -0.2) is 4.98 Å². The van der Waals surface area contributed by atoms with E-state index >= 15 is 0 Å².